The van der Waals surface area contributed by atoms with Crippen molar-refractivity contribution in [1.29, 1.82) is 0 Å². The van der Waals surface area contributed by atoms with Gasteiger partial charge in [-0.2, -0.15) is 0 Å². The van der Waals surface area contributed by atoms with Crippen LogP contribution in [0.5, 0.6) is 5.75 Å². The van der Waals surface area contributed by atoms with E-state index in [2.05, 4.69) is 13.8 Å². The van der Waals surface area contributed by atoms with Crippen LogP contribution >= 0.6 is 0 Å². The van der Waals surface area contributed by atoms with Crippen molar-refractivity contribution in [3.63, 3.8) is 0 Å². The van der Waals surface area contributed by atoms with E-state index in [-0.39, 0.29) is 11.9 Å². The van der Waals surface area contributed by atoms with E-state index in [1.54, 1.807) is 6.07 Å². The fourth-order valence-electron chi connectivity index (χ4n) is 2.18. The van der Waals surface area contributed by atoms with Crippen LogP contribution in [0.1, 0.15) is 37.0 Å². The minimum absolute atomic E-state index is 0.276. The van der Waals surface area contributed by atoms with Crippen molar-refractivity contribution in [2.45, 2.75) is 25.9 Å². The molecule has 0 saturated heterocycles. The molecule has 106 valence electrons. The van der Waals surface area contributed by atoms with Gasteiger partial charge in [0.05, 0.1) is 0 Å². The highest BCUT2D eigenvalue weighted by atomic mass is 19.1. The van der Waals surface area contributed by atoms with Crippen molar-refractivity contribution in [2.24, 2.45) is 5.73 Å². The average Bonchev–Trinajstić information content (AvgIpc) is 2.45. The fourth-order valence-corrected chi connectivity index (χ4v) is 2.18. The summed E-state index contributed by atoms with van der Waals surface area (Å²) in [6.07, 6.45) is -0.342. The van der Waals surface area contributed by atoms with E-state index in [1.165, 1.54) is 12.1 Å². The van der Waals surface area contributed by atoms with Crippen LogP contribution in [0.3, 0.4) is 0 Å². The Bertz CT molecular complexity index is 568. The number of hydrogen-bond donors (Lipinski definition) is 1. The van der Waals surface area contributed by atoms with Gasteiger partial charge in [0.1, 0.15) is 17.7 Å². The Labute approximate surface area is 119 Å². The second-order valence-corrected chi connectivity index (χ2v) is 5.09. The van der Waals surface area contributed by atoms with Gasteiger partial charge in [-0.1, -0.05) is 44.2 Å². The Morgan fingerprint density at radius 2 is 1.85 bits per heavy atom. The molecule has 3 heteroatoms. The molecule has 20 heavy (non-hydrogen) atoms. The molecule has 0 amide bonds. The second-order valence-electron chi connectivity index (χ2n) is 5.09. The van der Waals surface area contributed by atoms with Crippen molar-refractivity contribution in [2.75, 3.05) is 6.54 Å². The summed E-state index contributed by atoms with van der Waals surface area (Å²) in [5.74, 6) is 0.890. The lowest BCUT2D eigenvalue weighted by molar-refractivity contribution is 0.211. The van der Waals surface area contributed by atoms with Gasteiger partial charge < -0.3 is 10.5 Å². The molecule has 2 nitrogen and oxygen atoms in total. The molecule has 0 heterocycles. The maximum Gasteiger partial charge on any atom is 0.136 e. The number of benzene rings is 2. The van der Waals surface area contributed by atoms with Crippen LogP contribution in [0, 0.1) is 5.82 Å². The van der Waals surface area contributed by atoms with E-state index in [0.29, 0.717) is 12.5 Å². The van der Waals surface area contributed by atoms with E-state index < -0.39 is 0 Å². The van der Waals surface area contributed by atoms with Gasteiger partial charge in [0.25, 0.3) is 0 Å². The molecular formula is C17H20FNO. The van der Waals surface area contributed by atoms with Gasteiger partial charge in [0.15, 0.2) is 0 Å². The monoisotopic (exact) mass is 273 g/mol. The smallest absolute Gasteiger partial charge is 0.136 e. The number of ether oxygens (including phenoxy) is 1. The number of nitrogens with two attached hydrogens (primary N) is 1. The third kappa shape index (κ3) is 3.36. The summed E-state index contributed by atoms with van der Waals surface area (Å²) in [6.45, 7) is 4.53. The van der Waals surface area contributed by atoms with Gasteiger partial charge >= 0.3 is 0 Å². The quantitative estimate of drug-likeness (QED) is 0.892. The van der Waals surface area contributed by atoms with Crippen molar-refractivity contribution >= 4 is 0 Å². The van der Waals surface area contributed by atoms with Crippen LogP contribution in [-0.4, -0.2) is 6.54 Å². The minimum Gasteiger partial charge on any atom is -0.484 e. The number of para-hydroxylation sites is 1. The lowest BCUT2D eigenvalue weighted by Crippen LogP contribution is -2.19. The molecule has 2 N–H and O–H groups in total. The maximum absolute atomic E-state index is 13.3. The van der Waals surface area contributed by atoms with Gasteiger partial charge in [-0.15, -0.1) is 0 Å². The van der Waals surface area contributed by atoms with Gasteiger partial charge in [-0.05, 0) is 35.2 Å². The highest BCUT2D eigenvalue weighted by Crippen LogP contribution is 2.30. The molecule has 2 aromatic rings. The van der Waals surface area contributed by atoms with Crippen LogP contribution in [0.25, 0.3) is 0 Å². The summed E-state index contributed by atoms with van der Waals surface area (Å²) in [4.78, 5) is 0. The molecule has 1 unspecified atom stereocenters. The number of halogens is 1. The van der Waals surface area contributed by atoms with Crippen LogP contribution < -0.4 is 10.5 Å². The summed E-state index contributed by atoms with van der Waals surface area (Å²) in [6, 6.07) is 14.3. The molecule has 2 rings (SSSR count). The molecule has 0 radical (unpaired) electrons. The van der Waals surface area contributed by atoms with E-state index in [1.807, 2.05) is 30.3 Å². The Kier molecular flexibility index (Phi) is 4.74. The van der Waals surface area contributed by atoms with Crippen molar-refractivity contribution in [3.8, 4) is 5.75 Å². The zero-order valence-corrected chi connectivity index (χ0v) is 11.8. The van der Waals surface area contributed by atoms with Crippen LogP contribution in [0.15, 0.2) is 48.5 Å². The summed E-state index contributed by atoms with van der Waals surface area (Å²) in [5, 5.41) is 0. The minimum atomic E-state index is -0.342. The van der Waals surface area contributed by atoms with Crippen LogP contribution in [-0.2, 0) is 0 Å². The van der Waals surface area contributed by atoms with Crippen molar-refractivity contribution in [1.82, 2.24) is 0 Å². The highest BCUT2D eigenvalue weighted by Gasteiger charge is 2.15. The predicted molar refractivity (Wildman–Crippen MR) is 79.4 cm³/mol. The van der Waals surface area contributed by atoms with Crippen LogP contribution in [0.2, 0.25) is 0 Å². The molecule has 0 aliphatic rings. The topological polar surface area (TPSA) is 35.2 Å². The van der Waals surface area contributed by atoms with Crippen LogP contribution in [0.4, 0.5) is 4.39 Å². The first-order chi connectivity index (χ1) is 9.61. The predicted octanol–water partition coefficient (Wildman–Crippen LogP) is 4.03. The molecule has 0 aliphatic carbocycles. The van der Waals surface area contributed by atoms with E-state index in [4.69, 9.17) is 10.5 Å². The molecule has 0 saturated carbocycles. The Hall–Kier alpha value is -1.87. The molecule has 2 aromatic carbocycles. The first-order valence-corrected chi connectivity index (χ1v) is 6.83. The van der Waals surface area contributed by atoms with Gasteiger partial charge in [-0.25, -0.2) is 4.39 Å². The lowest BCUT2D eigenvalue weighted by Gasteiger charge is -2.21. The average molecular weight is 273 g/mol. The molecule has 1 atom stereocenters. The third-order valence-corrected chi connectivity index (χ3v) is 3.24. The standard InChI is InChI=1S/C17H20FNO/c1-12(2)15-8-3-4-9-16(15)20-17(11-19)13-6-5-7-14(18)10-13/h3-10,12,17H,11,19H2,1-2H3. The second kappa shape index (κ2) is 6.53. The Balaban J connectivity index is 2.27. The molecule has 0 fully saturated rings. The number of rotatable bonds is 5. The summed E-state index contributed by atoms with van der Waals surface area (Å²) in [5.41, 5.74) is 7.66. The van der Waals surface area contributed by atoms with Gasteiger partial charge in [-0.3, -0.25) is 0 Å². The first-order valence-electron chi connectivity index (χ1n) is 6.83. The van der Waals surface area contributed by atoms with E-state index in [9.17, 15) is 4.39 Å². The van der Waals surface area contributed by atoms with Gasteiger partial charge in [0.2, 0.25) is 0 Å². The Morgan fingerprint density at radius 3 is 2.50 bits per heavy atom. The Morgan fingerprint density at radius 1 is 1.10 bits per heavy atom. The first kappa shape index (κ1) is 14.5. The van der Waals surface area contributed by atoms with E-state index in [0.717, 1.165) is 16.9 Å². The van der Waals surface area contributed by atoms with Crippen molar-refractivity contribution in [3.05, 3.63) is 65.5 Å². The van der Waals surface area contributed by atoms with E-state index >= 15 is 0 Å². The molecular weight excluding hydrogens is 253 g/mol. The maximum atomic E-state index is 13.3. The lowest BCUT2D eigenvalue weighted by atomic mass is 10.0. The SMILES string of the molecule is CC(C)c1ccccc1OC(CN)c1cccc(F)c1. The largest absolute Gasteiger partial charge is 0.484 e. The number of hydrogen-bond acceptors (Lipinski definition) is 2. The molecule has 0 aromatic heterocycles. The summed E-state index contributed by atoms with van der Waals surface area (Å²) in [7, 11) is 0. The molecule has 0 aliphatic heterocycles. The molecule has 0 bridgehead atoms. The highest BCUT2D eigenvalue weighted by molar-refractivity contribution is 5.36. The normalized spacial score (nSPS) is 12.4. The zero-order valence-electron chi connectivity index (χ0n) is 11.8. The third-order valence-electron chi connectivity index (χ3n) is 3.24. The van der Waals surface area contributed by atoms with Crippen molar-refractivity contribution < 1.29 is 9.13 Å². The van der Waals surface area contributed by atoms with Gasteiger partial charge in [0, 0.05) is 6.54 Å². The molecule has 0 spiro atoms. The zero-order chi connectivity index (χ0) is 14.5. The summed E-state index contributed by atoms with van der Waals surface area (Å²) >= 11 is 0. The fraction of sp³-hybridized carbons (Fsp3) is 0.294. The summed E-state index contributed by atoms with van der Waals surface area (Å²) < 4.78 is 19.3.